The van der Waals surface area contributed by atoms with Gasteiger partial charge in [-0.25, -0.2) is 4.98 Å². The summed E-state index contributed by atoms with van der Waals surface area (Å²) < 4.78 is 5.67. The summed E-state index contributed by atoms with van der Waals surface area (Å²) >= 11 is 1.31. The van der Waals surface area contributed by atoms with Crippen molar-refractivity contribution in [1.82, 2.24) is 10.3 Å². The van der Waals surface area contributed by atoms with Crippen LogP contribution in [0.3, 0.4) is 0 Å². The van der Waals surface area contributed by atoms with Gasteiger partial charge in [-0.05, 0) is 32.9 Å². The van der Waals surface area contributed by atoms with Gasteiger partial charge in [-0.1, -0.05) is 17.7 Å². The first-order valence-electron chi connectivity index (χ1n) is 7.07. The minimum absolute atomic E-state index is 0.211. The fourth-order valence-electron chi connectivity index (χ4n) is 1.82. The first-order valence-corrected chi connectivity index (χ1v) is 7.89. The van der Waals surface area contributed by atoms with E-state index in [2.05, 4.69) is 10.3 Å². The highest BCUT2D eigenvalue weighted by atomic mass is 32.1. The second kappa shape index (κ2) is 7.38. The Labute approximate surface area is 134 Å². The average Bonchev–Trinajstić information content (AvgIpc) is 2.85. The van der Waals surface area contributed by atoms with Crippen LogP contribution in [-0.4, -0.2) is 28.6 Å². The number of thiazole rings is 1. The number of hydrogen-bond acceptors (Lipinski definition) is 5. The maximum atomic E-state index is 12.0. The van der Waals surface area contributed by atoms with Gasteiger partial charge in [-0.3, -0.25) is 4.79 Å². The van der Waals surface area contributed by atoms with Crippen molar-refractivity contribution in [3.8, 4) is 5.75 Å². The Balaban J connectivity index is 1.97. The number of aryl methyl sites for hydroxylation is 2. The molecule has 2 rings (SSSR count). The summed E-state index contributed by atoms with van der Waals surface area (Å²) in [4.78, 5) is 16.9. The molecule has 118 valence electrons. The molecule has 0 radical (unpaired) electrons. The molecule has 0 spiro atoms. The number of rotatable bonds is 6. The van der Waals surface area contributed by atoms with Crippen LogP contribution in [0.15, 0.2) is 24.3 Å². The molecule has 1 aromatic heterocycles. The number of aromatic nitrogens is 1. The second-order valence-electron chi connectivity index (χ2n) is 5.18. The van der Waals surface area contributed by atoms with Crippen LogP contribution in [0, 0.1) is 13.8 Å². The van der Waals surface area contributed by atoms with Crippen molar-refractivity contribution < 1.29 is 14.6 Å². The molecular formula is C16H20N2O3S. The van der Waals surface area contributed by atoms with Gasteiger partial charge in [0, 0.05) is 6.54 Å². The number of nitrogens with one attached hydrogen (secondary N) is 1. The minimum Gasteiger partial charge on any atom is -0.486 e. The highest BCUT2D eigenvalue weighted by Gasteiger charge is 2.15. The van der Waals surface area contributed by atoms with Crippen molar-refractivity contribution in [2.24, 2.45) is 0 Å². The van der Waals surface area contributed by atoms with Crippen molar-refractivity contribution in [3.63, 3.8) is 0 Å². The van der Waals surface area contributed by atoms with Crippen molar-refractivity contribution >= 4 is 17.2 Å². The van der Waals surface area contributed by atoms with Crippen LogP contribution in [0.25, 0.3) is 0 Å². The van der Waals surface area contributed by atoms with E-state index in [1.807, 2.05) is 31.2 Å². The highest BCUT2D eigenvalue weighted by molar-refractivity contribution is 7.13. The van der Waals surface area contributed by atoms with E-state index in [4.69, 9.17) is 4.74 Å². The molecule has 0 saturated heterocycles. The molecule has 1 amide bonds. The standard InChI is InChI=1S/C16H20N2O3S/c1-10-4-6-13(7-5-10)21-9-14-18-12(3)15(22-14)16(20)17-8-11(2)19/h4-7,11,19H,8-9H2,1-3H3,(H,17,20). The topological polar surface area (TPSA) is 71.5 Å². The molecule has 0 aliphatic rings. The van der Waals surface area contributed by atoms with Crippen molar-refractivity contribution in [3.05, 3.63) is 45.4 Å². The quantitative estimate of drug-likeness (QED) is 0.857. The molecule has 6 heteroatoms. The first-order chi connectivity index (χ1) is 10.5. The zero-order chi connectivity index (χ0) is 16.1. The third-order valence-electron chi connectivity index (χ3n) is 2.99. The molecule has 0 aliphatic heterocycles. The number of carbonyl (C=O) groups excluding carboxylic acids is 1. The summed E-state index contributed by atoms with van der Waals surface area (Å²) in [6, 6.07) is 7.78. The van der Waals surface area contributed by atoms with Crippen LogP contribution >= 0.6 is 11.3 Å². The lowest BCUT2D eigenvalue weighted by molar-refractivity contribution is 0.0927. The largest absolute Gasteiger partial charge is 0.486 e. The lowest BCUT2D eigenvalue weighted by atomic mass is 10.2. The highest BCUT2D eigenvalue weighted by Crippen LogP contribution is 2.20. The van der Waals surface area contributed by atoms with Crippen LogP contribution in [0.2, 0.25) is 0 Å². The van der Waals surface area contributed by atoms with Gasteiger partial charge < -0.3 is 15.2 Å². The van der Waals surface area contributed by atoms with Gasteiger partial charge in [0.15, 0.2) is 0 Å². The molecule has 1 aromatic carbocycles. The Morgan fingerprint density at radius 2 is 2.05 bits per heavy atom. The summed E-state index contributed by atoms with van der Waals surface area (Å²) in [5.41, 5.74) is 1.85. The van der Waals surface area contributed by atoms with E-state index in [0.29, 0.717) is 17.2 Å². The molecule has 22 heavy (non-hydrogen) atoms. The van der Waals surface area contributed by atoms with E-state index in [9.17, 15) is 9.90 Å². The van der Waals surface area contributed by atoms with Crippen LogP contribution in [-0.2, 0) is 6.61 Å². The van der Waals surface area contributed by atoms with Gasteiger partial charge >= 0.3 is 0 Å². The fraction of sp³-hybridized carbons (Fsp3) is 0.375. The third kappa shape index (κ3) is 4.54. The number of aliphatic hydroxyl groups excluding tert-OH is 1. The molecule has 2 aromatic rings. The number of amides is 1. The van der Waals surface area contributed by atoms with Gasteiger partial charge in [0.05, 0.1) is 11.8 Å². The number of benzene rings is 1. The van der Waals surface area contributed by atoms with E-state index in [0.717, 1.165) is 10.8 Å². The first kappa shape index (κ1) is 16.5. The van der Waals surface area contributed by atoms with E-state index in [1.54, 1.807) is 13.8 Å². The average molecular weight is 320 g/mol. The molecule has 1 heterocycles. The predicted octanol–water partition coefficient (Wildman–Crippen LogP) is 2.45. The van der Waals surface area contributed by atoms with Gasteiger partial charge in [0.25, 0.3) is 5.91 Å². The SMILES string of the molecule is Cc1ccc(OCc2nc(C)c(C(=O)NCC(C)O)s2)cc1. The van der Waals surface area contributed by atoms with E-state index in [1.165, 1.54) is 16.9 Å². The number of aliphatic hydroxyl groups is 1. The Bertz CT molecular complexity index is 635. The maximum Gasteiger partial charge on any atom is 0.263 e. The zero-order valence-electron chi connectivity index (χ0n) is 12.9. The lowest BCUT2D eigenvalue weighted by Crippen LogP contribution is -2.30. The Morgan fingerprint density at radius 3 is 2.68 bits per heavy atom. The van der Waals surface area contributed by atoms with Crippen molar-refractivity contribution in [2.75, 3.05) is 6.54 Å². The van der Waals surface area contributed by atoms with Crippen molar-refractivity contribution in [2.45, 2.75) is 33.5 Å². The van der Waals surface area contributed by atoms with Crippen LogP contribution < -0.4 is 10.1 Å². The molecular weight excluding hydrogens is 300 g/mol. The molecule has 5 nitrogen and oxygen atoms in total. The lowest BCUT2D eigenvalue weighted by Gasteiger charge is -2.05. The molecule has 1 atom stereocenters. The maximum absolute atomic E-state index is 12.0. The summed E-state index contributed by atoms with van der Waals surface area (Å²) in [7, 11) is 0. The normalized spacial score (nSPS) is 12.0. The number of nitrogens with zero attached hydrogens (tertiary/aromatic N) is 1. The molecule has 0 bridgehead atoms. The molecule has 0 saturated carbocycles. The predicted molar refractivity (Wildman–Crippen MR) is 86.4 cm³/mol. The van der Waals surface area contributed by atoms with Gasteiger partial charge in [-0.2, -0.15) is 0 Å². The van der Waals surface area contributed by atoms with Crippen LogP contribution in [0.5, 0.6) is 5.75 Å². The summed E-state index contributed by atoms with van der Waals surface area (Å²) in [5.74, 6) is 0.566. The Kier molecular flexibility index (Phi) is 5.51. The number of ether oxygens (including phenoxy) is 1. The van der Waals surface area contributed by atoms with Gasteiger partial charge in [0.1, 0.15) is 22.2 Å². The van der Waals surface area contributed by atoms with E-state index >= 15 is 0 Å². The molecule has 1 unspecified atom stereocenters. The van der Waals surface area contributed by atoms with Gasteiger partial charge in [-0.15, -0.1) is 11.3 Å². The second-order valence-corrected chi connectivity index (χ2v) is 6.27. The molecule has 0 fully saturated rings. The number of hydrogen-bond donors (Lipinski definition) is 2. The van der Waals surface area contributed by atoms with Crippen LogP contribution in [0.1, 0.15) is 32.9 Å². The number of carbonyl (C=O) groups is 1. The smallest absolute Gasteiger partial charge is 0.263 e. The third-order valence-corrected chi connectivity index (χ3v) is 4.12. The minimum atomic E-state index is -0.568. The van der Waals surface area contributed by atoms with Crippen LogP contribution in [0.4, 0.5) is 0 Å². The summed E-state index contributed by atoms with van der Waals surface area (Å²) in [6.07, 6.45) is -0.568. The Hall–Kier alpha value is -1.92. The monoisotopic (exact) mass is 320 g/mol. The summed E-state index contributed by atoms with van der Waals surface area (Å²) in [5, 5.41) is 12.6. The fourth-order valence-corrected chi connectivity index (χ4v) is 2.72. The van der Waals surface area contributed by atoms with Crippen molar-refractivity contribution in [1.29, 1.82) is 0 Å². The zero-order valence-corrected chi connectivity index (χ0v) is 13.7. The molecule has 2 N–H and O–H groups in total. The van der Waals surface area contributed by atoms with Gasteiger partial charge in [0.2, 0.25) is 0 Å². The van der Waals surface area contributed by atoms with E-state index < -0.39 is 6.10 Å². The molecule has 0 aliphatic carbocycles. The Morgan fingerprint density at radius 1 is 1.36 bits per heavy atom. The summed E-state index contributed by atoms with van der Waals surface area (Å²) in [6.45, 7) is 6.00. The van der Waals surface area contributed by atoms with E-state index in [-0.39, 0.29) is 12.5 Å².